The number of ether oxygens (including phenoxy) is 1. The third-order valence-electron chi connectivity index (χ3n) is 1.76. The molecule has 0 unspecified atom stereocenters. The van der Waals surface area contributed by atoms with Crippen LogP contribution in [0.15, 0.2) is 6.20 Å². The minimum absolute atomic E-state index is 0.00446. The van der Waals surface area contributed by atoms with Gasteiger partial charge in [-0.2, -0.15) is 4.98 Å². The Morgan fingerprint density at radius 2 is 2.31 bits per heavy atom. The monoisotopic (exact) mass is 230 g/mol. The average molecular weight is 230 g/mol. The molecule has 1 aromatic rings. The zero-order chi connectivity index (χ0) is 11.8. The largest absolute Gasteiger partial charge is 0.394 e. The lowest BCUT2D eigenvalue weighted by atomic mass is 10.4. The predicted octanol–water partition coefficient (Wildman–Crippen LogP) is 0.00880. The van der Waals surface area contributed by atoms with Gasteiger partial charge in [0.2, 0.25) is 5.95 Å². The van der Waals surface area contributed by atoms with E-state index < -0.39 is 5.82 Å². The van der Waals surface area contributed by atoms with Gasteiger partial charge < -0.3 is 20.9 Å². The van der Waals surface area contributed by atoms with Crippen molar-refractivity contribution in [1.82, 2.24) is 9.97 Å². The van der Waals surface area contributed by atoms with Crippen LogP contribution in [-0.4, -0.2) is 41.4 Å². The summed E-state index contributed by atoms with van der Waals surface area (Å²) >= 11 is 0. The molecule has 6 nitrogen and oxygen atoms in total. The first kappa shape index (κ1) is 12.6. The Morgan fingerprint density at radius 3 is 3.06 bits per heavy atom. The maximum Gasteiger partial charge on any atom is 0.222 e. The summed E-state index contributed by atoms with van der Waals surface area (Å²) < 4.78 is 18.1. The van der Waals surface area contributed by atoms with E-state index in [-0.39, 0.29) is 18.4 Å². The highest BCUT2D eigenvalue weighted by Crippen LogP contribution is 2.09. The van der Waals surface area contributed by atoms with Crippen LogP contribution in [0.4, 0.5) is 16.2 Å². The van der Waals surface area contributed by atoms with Crippen LogP contribution in [0.5, 0.6) is 0 Å². The number of rotatable bonds is 7. The molecule has 4 N–H and O–H groups in total. The molecular formula is C9H15FN4O2. The fraction of sp³-hybridized carbons (Fsp3) is 0.556. The lowest BCUT2D eigenvalue weighted by molar-refractivity contribution is 0.0921. The Bertz CT molecular complexity index is 324. The standard InChI is InChI=1S/C9H15FN4O2/c10-7-6-13-9(11)14-8(7)12-2-1-4-16-5-3-15/h6,15H,1-5H2,(H3,11,12,13,14). The van der Waals surface area contributed by atoms with E-state index in [2.05, 4.69) is 15.3 Å². The van der Waals surface area contributed by atoms with Crippen molar-refractivity contribution in [2.24, 2.45) is 0 Å². The number of hydrogen-bond acceptors (Lipinski definition) is 6. The van der Waals surface area contributed by atoms with Crippen LogP contribution in [0.3, 0.4) is 0 Å². The number of halogens is 1. The number of nitrogen functional groups attached to an aromatic ring is 1. The van der Waals surface area contributed by atoms with Crippen LogP contribution in [-0.2, 0) is 4.74 Å². The summed E-state index contributed by atoms with van der Waals surface area (Å²) in [5.74, 6) is -0.416. The van der Waals surface area contributed by atoms with Crippen LogP contribution < -0.4 is 11.1 Å². The molecule has 0 saturated heterocycles. The number of aliphatic hydroxyl groups is 1. The van der Waals surface area contributed by atoms with E-state index in [0.29, 0.717) is 26.2 Å². The Labute approximate surface area is 92.7 Å². The van der Waals surface area contributed by atoms with Crippen molar-refractivity contribution in [2.45, 2.75) is 6.42 Å². The summed E-state index contributed by atoms with van der Waals surface area (Å²) in [4.78, 5) is 7.21. The first-order valence-electron chi connectivity index (χ1n) is 4.94. The van der Waals surface area contributed by atoms with Crippen molar-refractivity contribution in [2.75, 3.05) is 37.4 Å². The van der Waals surface area contributed by atoms with Crippen molar-refractivity contribution in [3.05, 3.63) is 12.0 Å². The summed E-state index contributed by atoms with van der Waals surface area (Å²) in [6.07, 6.45) is 1.70. The Kier molecular flexibility index (Phi) is 5.44. The number of nitrogens with two attached hydrogens (primary N) is 1. The maximum atomic E-state index is 13.1. The fourth-order valence-corrected chi connectivity index (χ4v) is 1.05. The van der Waals surface area contributed by atoms with Gasteiger partial charge in [0.25, 0.3) is 0 Å². The molecule has 0 amide bonds. The van der Waals surface area contributed by atoms with Crippen LogP contribution in [0.1, 0.15) is 6.42 Å². The molecule has 0 aliphatic heterocycles. The van der Waals surface area contributed by atoms with E-state index in [1.54, 1.807) is 0 Å². The number of hydrogen-bond donors (Lipinski definition) is 3. The number of anilines is 2. The van der Waals surface area contributed by atoms with Gasteiger partial charge in [-0.3, -0.25) is 0 Å². The highest BCUT2D eigenvalue weighted by Gasteiger charge is 2.03. The quantitative estimate of drug-likeness (QED) is 0.571. The number of aromatic nitrogens is 2. The first-order valence-corrected chi connectivity index (χ1v) is 4.94. The van der Waals surface area contributed by atoms with Crippen LogP contribution in [0.2, 0.25) is 0 Å². The van der Waals surface area contributed by atoms with E-state index in [9.17, 15) is 4.39 Å². The Hall–Kier alpha value is -1.47. The molecule has 0 fully saturated rings. The molecule has 0 saturated carbocycles. The fourth-order valence-electron chi connectivity index (χ4n) is 1.05. The molecule has 0 aliphatic rings. The second kappa shape index (κ2) is 6.91. The third kappa shape index (κ3) is 4.37. The Morgan fingerprint density at radius 1 is 1.50 bits per heavy atom. The van der Waals surface area contributed by atoms with Gasteiger partial charge in [-0.05, 0) is 6.42 Å². The second-order valence-electron chi connectivity index (χ2n) is 3.04. The molecule has 90 valence electrons. The molecule has 0 aromatic carbocycles. The van der Waals surface area contributed by atoms with Gasteiger partial charge in [-0.25, -0.2) is 9.37 Å². The molecular weight excluding hydrogens is 215 g/mol. The SMILES string of the molecule is Nc1ncc(F)c(NCCCOCCO)n1. The molecule has 0 spiro atoms. The third-order valence-corrected chi connectivity index (χ3v) is 1.76. The summed E-state index contributed by atoms with van der Waals surface area (Å²) in [5, 5.41) is 11.2. The minimum Gasteiger partial charge on any atom is -0.394 e. The molecule has 1 heterocycles. The average Bonchev–Trinajstić information content (AvgIpc) is 2.28. The van der Waals surface area contributed by atoms with Crippen molar-refractivity contribution < 1.29 is 14.2 Å². The van der Waals surface area contributed by atoms with E-state index in [0.717, 1.165) is 6.20 Å². The molecule has 7 heteroatoms. The van der Waals surface area contributed by atoms with Crippen LogP contribution in [0, 0.1) is 5.82 Å². The molecule has 16 heavy (non-hydrogen) atoms. The summed E-state index contributed by atoms with van der Waals surface area (Å²) in [6.45, 7) is 1.33. The van der Waals surface area contributed by atoms with Gasteiger partial charge in [-0.1, -0.05) is 0 Å². The molecule has 0 atom stereocenters. The molecule has 1 rings (SSSR count). The van der Waals surface area contributed by atoms with E-state index in [1.807, 2.05) is 0 Å². The lowest BCUT2D eigenvalue weighted by Gasteiger charge is -2.06. The van der Waals surface area contributed by atoms with Crippen molar-refractivity contribution >= 4 is 11.8 Å². The smallest absolute Gasteiger partial charge is 0.222 e. The van der Waals surface area contributed by atoms with Gasteiger partial charge in [0.1, 0.15) is 0 Å². The van der Waals surface area contributed by atoms with Gasteiger partial charge >= 0.3 is 0 Å². The predicted molar refractivity (Wildman–Crippen MR) is 57.4 cm³/mol. The molecule has 0 bridgehead atoms. The molecule has 0 radical (unpaired) electrons. The number of nitrogens with zero attached hydrogens (tertiary/aromatic N) is 2. The zero-order valence-corrected chi connectivity index (χ0v) is 8.82. The van der Waals surface area contributed by atoms with Crippen molar-refractivity contribution in [3.63, 3.8) is 0 Å². The number of nitrogens with one attached hydrogen (secondary N) is 1. The second-order valence-corrected chi connectivity index (χ2v) is 3.04. The molecule has 0 aliphatic carbocycles. The van der Waals surface area contributed by atoms with E-state index in [4.69, 9.17) is 15.6 Å². The van der Waals surface area contributed by atoms with Gasteiger partial charge in [0, 0.05) is 13.2 Å². The normalized spacial score (nSPS) is 10.4. The van der Waals surface area contributed by atoms with Crippen molar-refractivity contribution in [1.29, 1.82) is 0 Å². The van der Waals surface area contributed by atoms with Gasteiger partial charge in [0.15, 0.2) is 11.6 Å². The van der Waals surface area contributed by atoms with Gasteiger partial charge in [0.05, 0.1) is 19.4 Å². The minimum atomic E-state index is -0.537. The highest BCUT2D eigenvalue weighted by molar-refractivity contribution is 5.38. The summed E-state index contributed by atoms with van der Waals surface area (Å²) in [7, 11) is 0. The first-order chi connectivity index (χ1) is 7.74. The van der Waals surface area contributed by atoms with E-state index >= 15 is 0 Å². The number of aliphatic hydroxyl groups excluding tert-OH is 1. The van der Waals surface area contributed by atoms with Crippen LogP contribution in [0.25, 0.3) is 0 Å². The maximum absolute atomic E-state index is 13.1. The lowest BCUT2D eigenvalue weighted by Crippen LogP contribution is -2.10. The zero-order valence-electron chi connectivity index (χ0n) is 8.82. The summed E-state index contributed by atoms with van der Waals surface area (Å²) in [5.41, 5.74) is 5.32. The highest BCUT2D eigenvalue weighted by atomic mass is 19.1. The van der Waals surface area contributed by atoms with E-state index in [1.165, 1.54) is 0 Å². The molecule has 1 aromatic heterocycles. The van der Waals surface area contributed by atoms with Gasteiger partial charge in [-0.15, -0.1) is 0 Å². The van der Waals surface area contributed by atoms with Crippen molar-refractivity contribution in [3.8, 4) is 0 Å². The Balaban J connectivity index is 2.23. The topological polar surface area (TPSA) is 93.3 Å². The van der Waals surface area contributed by atoms with Crippen LogP contribution >= 0.6 is 0 Å². The summed E-state index contributed by atoms with van der Waals surface area (Å²) in [6, 6.07) is 0.